The van der Waals surface area contributed by atoms with Gasteiger partial charge in [-0.3, -0.25) is 0 Å². The molecular weight excluding hydrogens is 129 g/mol. The summed E-state index contributed by atoms with van der Waals surface area (Å²) in [5.41, 5.74) is 0. The van der Waals surface area contributed by atoms with Crippen LogP contribution in [0.15, 0.2) is 0 Å². The van der Waals surface area contributed by atoms with Gasteiger partial charge in [-0.25, -0.2) is 5.26 Å². The van der Waals surface area contributed by atoms with Gasteiger partial charge in [0.2, 0.25) is 0 Å². The molecule has 3 nitrogen and oxygen atoms in total. The maximum absolute atomic E-state index is 6.83. The third-order valence-corrected chi connectivity index (χ3v) is 0. The van der Waals surface area contributed by atoms with Crippen LogP contribution in [0.1, 0.15) is 2.85 Å². The molecule has 3 N–H and O–H groups in total. The number of hydrogen-bond donors (Lipinski definition) is 1. The van der Waals surface area contributed by atoms with Crippen molar-refractivity contribution in [3.63, 3.8) is 0 Å². The van der Waals surface area contributed by atoms with Crippen LogP contribution in [-0.2, 0) is 4.44 Å². The van der Waals surface area contributed by atoms with Gasteiger partial charge in [0, 0.05) is 0 Å². The van der Waals surface area contributed by atoms with Gasteiger partial charge in [-0.1, -0.05) is 0 Å². The first kappa shape index (κ1) is 24.2. The standard InChI is InChI=1S/ClHO2.2Na.H2O.2H/c1-3-2;;;;;/h2H;;;1H2;;/q;2*+1;;2*-1. The maximum Gasteiger partial charge on any atom is 1.00 e. The minimum Gasteiger partial charge on any atom is -1.00 e. The van der Waals surface area contributed by atoms with E-state index in [4.69, 9.17) is 5.26 Å². The predicted molar refractivity (Wildman–Crippen MR) is 15.4 cm³/mol. The van der Waals surface area contributed by atoms with Crippen molar-refractivity contribution in [2.24, 2.45) is 0 Å². The van der Waals surface area contributed by atoms with E-state index in [0.717, 1.165) is 0 Å². The smallest absolute Gasteiger partial charge is 1.00 e. The molecule has 0 aliphatic heterocycles. The fraction of sp³-hybridized carbons (Fsp3) is 0. The van der Waals surface area contributed by atoms with Crippen molar-refractivity contribution in [2.75, 3.05) is 0 Å². The topological polar surface area (TPSA) is 61.0 Å². The molecule has 0 aliphatic rings. The second kappa shape index (κ2) is 27.2. The summed E-state index contributed by atoms with van der Waals surface area (Å²) in [7, 11) is 0. The van der Waals surface area contributed by atoms with E-state index in [1.54, 1.807) is 0 Å². The Kier molecular flexibility index (Phi) is 109. The van der Waals surface area contributed by atoms with Gasteiger partial charge in [-0.05, 0) is 0 Å². The molecular formula is H5ClNa2O3. The summed E-state index contributed by atoms with van der Waals surface area (Å²) in [6.45, 7) is 0. The molecule has 32 valence electrons. The average molecular weight is 134 g/mol. The minimum atomic E-state index is 0. The van der Waals surface area contributed by atoms with Gasteiger partial charge in [-0.15, -0.1) is 4.44 Å². The van der Waals surface area contributed by atoms with Crippen LogP contribution in [0.2, 0.25) is 0 Å². The van der Waals surface area contributed by atoms with E-state index in [9.17, 15) is 0 Å². The molecule has 0 bridgehead atoms. The van der Waals surface area contributed by atoms with Gasteiger partial charge < -0.3 is 8.33 Å². The van der Waals surface area contributed by atoms with E-state index in [0.29, 0.717) is 0 Å². The Morgan fingerprint density at radius 2 is 1.50 bits per heavy atom. The quantitative estimate of drug-likeness (QED) is 0.204. The van der Waals surface area contributed by atoms with Crippen molar-refractivity contribution in [3.05, 3.63) is 0 Å². The Balaban J connectivity index is -0.00000000200. The Morgan fingerprint density at radius 1 is 1.50 bits per heavy atom. The van der Waals surface area contributed by atoms with Gasteiger partial charge in [0.25, 0.3) is 0 Å². The first-order valence-corrected chi connectivity index (χ1v) is 0.645. The number of halogens is 1. The van der Waals surface area contributed by atoms with E-state index in [-0.39, 0.29) is 67.4 Å². The van der Waals surface area contributed by atoms with E-state index < -0.39 is 0 Å². The van der Waals surface area contributed by atoms with Crippen LogP contribution < -0.4 is 59.1 Å². The second-order valence-corrected chi connectivity index (χ2v) is 0.207. The molecule has 0 atom stereocenters. The van der Waals surface area contributed by atoms with Crippen LogP contribution in [0.3, 0.4) is 0 Å². The Labute approximate surface area is 88.0 Å². The molecule has 0 rings (SSSR count). The molecule has 0 aromatic heterocycles. The monoisotopic (exact) mass is 134 g/mol. The fourth-order valence-corrected chi connectivity index (χ4v) is 0. The van der Waals surface area contributed by atoms with Crippen LogP contribution in [0.5, 0.6) is 0 Å². The third kappa shape index (κ3) is 35.0. The molecule has 0 unspecified atom stereocenters. The zero-order chi connectivity index (χ0) is 2.71. The van der Waals surface area contributed by atoms with E-state index in [2.05, 4.69) is 16.3 Å². The predicted octanol–water partition coefficient (Wildman–Crippen LogP) is -5.96. The van der Waals surface area contributed by atoms with Crippen LogP contribution in [0, 0.1) is 0 Å². The van der Waals surface area contributed by atoms with Gasteiger partial charge in [0.15, 0.2) is 0 Å². The summed E-state index contributed by atoms with van der Waals surface area (Å²) in [5, 5.41) is 6.83. The molecule has 0 spiro atoms. The Bertz CT molecular complexity index is 15.2. The average Bonchev–Trinajstić information content (AvgIpc) is 0.918. The SMILES string of the molecule is O.OOCl.[H-].[H-].[Na+].[Na+]. The summed E-state index contributed by atoms with van der Waals surface area (Å²) >= 11 is 4.05. The van der Waals surface area contributed by atoms with E-state index >= 15 is 0 Å². The van der Waals surface area contributed by atoms with Crippen molar-refractivity contribution in [3.8, 4) is 0 Å². The van der Waals surface area contributed by atoms with Crippen molar-refractivity contribution in [1.29, 1.82) is 0 Å². The molecule has 0 amide bonds. The van der Waals surface area contributed by atoms with Crippen molar-refractivity contribution in [1.82, 2.24) is 0 Å². The Morgan fingerprint density at radius 3 is 1.50 bits per heavy atom. The normalized spacial score (nSPS) is 3.00. The number of rotatable bonds is 0. The molecule has 6 heavy (non-hydrogen) atoms. The zero-order valence-corrected chi connectivity index (χ0v) is 8.49. The first-order chi connectivity index (χ1) is 1.41. The zero-order valence-electron chi connectivity index (χ0n) is 5.73. The molecule has 0 aliphatic carbocycles. The maximum atomic E-state index is 6.83. The molecule has 0 saturated heterocycles. The van der Waals surface area contributed by atoms with Crippen LogP contribution >= 0.6 is 11.9 Å². The van der Waals surface area contributed by atoms with Gasteiger partial charge in [-0.2, -0.15) is 0 Å². The summed E-state index contributed by atoms with van der Waals surface area (Å²) in [6.07, 6.45) is 0. The van der Waals surface area contributed by atoms with Crippen molar-refractivity contribution in [2.45, 2.75) is 0 Å². The van der Waals surface area contributed by atoms with Gasteiger partial charge in [0.1, 0.15) is 0 Å². The van der Waals surface area contributed by atoms with Gasteiger partial charge in [0.05, 0.1) is 11.9 Å². The van der Waals surface area contributed by atoms with Crippen LogP contribution in [0.25, 0.3) is 0 Å². The first-order valence-electron chi connectivity index (χ1n) is 0.337. The molecule has 0 heterocycles. The molecule has 0 fully saturated rings. The van der Waals surface area contributed by atoms with Crippen molar-refractivity contribution >= 4 is 11.9 Å². The molecule has 0 saturated carbocycles. The van der Waals surface area contributed by atoms with Gasteiger partial charge >= 0.3 is 59.1 Å². The third-order valence-electron chi connectivity index (χ3n) is 0. The summed E-state index contributed by atoms with van der Waals surface area (Å²) in [5.74, 6) is 0. The van der Waals surface area contributed by atoms with Crippen molar-refractivity contribution < 1.29 is 77.1 Å². The largest absolute Gasteiger partial charge is 1.00 e. The van der Waals surface area contributed by atoms with Crippen LogP contribution in [0.4, 0.5) is 0 Å². The molecule has 0 aromatic carbocycles. The van der Waals surface area contributed by atoms with Crippen LogP contribution in [-0.4, -0.2) is 10.7 Å². The summed E-state index contributed by atoms with van der Waals surface area (Å²) in [6, 6.07) is 0. The Hall–Kier alpha value is 2.17. The molecule has 0 aromatic rings. The van der Waals surface area contributed by atoms with E-state index in [1.165, 1.54) is 0 Å². The molecule has 6 heteroatoms. The molecule has 0 radical (unpaired) electrons. The van der Waals surface area contributed by atoms with E-state index in [1.807, 2.05) is 0 Å². The number of hydrogen-bond acceptors (Lipinski definition) is 2. The fourth-order valence-electron chi connectivity index (χ4n) is 0. The summed E-state index contributed by atoms with van der Waals surface area (Å²) < 4.78 is 2.72. The minimum absolute atomic E-state index is 0. The second-order valence-electron chi connectivity index (χ2n) is 0.0690. The summed E-state index contributed by atoms with van der Waals surface area (Å²) in [4.78, 5) is 0.